The summed E-state index contributed by atoms with van der Waals surface area (Å²) in [7, 11) is -4.23. The van der Waals surface area contributed by atoms with Crippen LogP contribution in [0.5, 0.6) is 0 Å². The summed E-state index contributed by atoms with van der Waals surface area (Å²) in [4.78, 5) is 11.1. The standard InChI is InChI=1S/C13H13F5N2O4S2/c1-9-3-5-10(6-4-9)26(22,23)24-25-11(21)20-19-8-2-7-12(14,15)13(16,17)18/h3-6H,2,7-8H2,1H3. The summed E-state index contributed by atoms with van der Waals surface area (Å²) in [6.07, 6.45) is -7.83. The molecule has 0 N–H and O–H groups in total. The van der Waals surface area contributed by atoms with E-state index in [1.807, 2.05) is 0 Å². The van der Waals surface area contributed by atoms with Crippen molar-refractivity contribution in [2.24, 2.45) is 10.2 Å². The molecule has 0 bridgehead atoms. The molecule has 146 valence electrons. The van der Waals surface area contributed by atoms with Crippen LogP contribution in [-0.4, -0.2) is 32.3 Å². The summed E-state index contributed by atoms with van der Waals surface area (Å²) in [5, 5.41) is 4.87. The van der Waals surface area contributed by atoms with Gasteiger partial charge in [-0.05, 0) is 25.5 Å². The highest BCUT2D eigenvalue weighted by Crippen LogP contribution is 2.38. The number of benzene rings is 1. The van der Waals surface area contributed by atoms with Gasteiger partial charge in [-0.25, -0.2) is 0 Å². The van der Waals surface area contributed by atoms with Crippen LogP contribution in [-0.2, 0) is 13.7 Å². The number of aryl methyl sites for hydroxylation is 1. The Morgan fingerprint density at radius 2 is 1.73 bits per heavy atom. The van der Waals surface area contributed by atoms with Gasteiger partial charge in [0, 0.05) is 6.42 Å². The number of halogens is 5. The molecule has 0 saturated carbocycles. The molecule has 0 saturated heterocycles. The van der Waals surface area contributed by atoms with Gasteiger partial charge in [-0.1, -0.05) is 17.7 Å². The molecule has 0 aliphatic rings. The van der Waals surface area contributed by atoms with E-state index in [1.54, 1.807) is 6.92 Å². The van der Waals surface area contributed by atoms with E-state index in [1.165, 1.54) is 24.3 Å². The van der Waals surface area contributed by atoms with Crippen LogP contribution in [0, 0.1) is 6.92 Å². The number of amides is 1. The van der Waals surface area contributed by atoms with Crippen molar-refractivity contribution in [2.75, 3.05) is 6.54 Å². The van der Waals surface area contributed by atoms with Crippen LogP contribution in [0.2, 0.25) is 0 Å². The van der Waals surface area contributed by atoms with Crippen molar-refractivity contribution in [1.29, 1.82) is 0 Å². The summed E-state index contributed by atoms with van der Waals surface area (Å²) in [5.41, 5.74) is 0.803. The van der Waals surface area contributed by atoms with Crippen molar-refractivity contribution in [3.8, 4) is 0 Å². The average Bonchev–Trinajstić information content (AvgIpc) is 2.52. The van der Waals surface area contributed by atoms with Crippen molar-refractivity contribution in [2.45, 2.75) is 36.8 Å². The lowest BCUT2D eigenvalue weighted by Gasteiger charge is -2.18. The summed E-state index contributed by atoms with van der Waals surface area (Å²) >= 11 is -0.165. The van der Waals surface area contributed by atoms with E-state index in [9.17, 15) is 35.2 Å². The number of hydrogen-bond acceptors (Lipinski definition) is 6. The zero-order valence-corrected chi connectivity index (χ0v) is 14.8. The van der Waals surface area contributed by atoms with Crippen LogP contribution in [0.25, 0.3) is 0 Å². The molecular weight excluding hydrogens is 407 g/mol. The largest absolute Gasteiger partial charge is 0.453 e. The van der Waals surface area contributed by atoms with Gasteiger partial charge in [0.2, 0.25) is 0 Å². The van der Waals surface area contributed by atoms with Crippen molar-refractivity contribution in [1.82, 2.24) is 0 Å². The molecule has 0 atom stereocenters. The van der Waals surface area contributed by atoms with Gasteiger partial charge in [-0.3, -0.25) is 4.79 Å². The molecule has 1 aromatic rings. The monoisotopic (exact) mass is 420 g/mol. The molecule has 1 rings (SSSR count). The number of alkyl halides is 5. The van der Waals surface area contributed by atoms with Crippen LogP contribution >= 0.6 is 12.0 Å². The molecule has 13 heteroatoms. The van der Waals surface area contributed by atoms with Gasteiger partial charge in [-0.2, -0.15) is 39.1 Å². The summed E-state index contributed by atoms with van der Waals surface area (Å²) in [6, 6.07) is 5.55. The van der Waals surface area contributed by atoms with E-state index >= 15 is 0 Å². The minimum Gasteiger partial charge on any atom is -0.255 e. The molecule has 6 nitrogen and oxygen atoms in total. The minimum atomic E-state index is -5.66. The molecule has 1 amide bonds. The topological polar surface area (TPSA) is 85.2 Å². The number of nitrogens with zero attached hydrogens (tertiary/aromatic N) is 2. The molecular formula is C13H13F5N2O4S2. The molecule has 0 heterocycles. The second kappa shape index (κ2) is 8.86. The van der Waals surface area contributed by atoms with Gasteiger partial charge < -0.3 is 0 Å². The average molecular weight is 420 g/mol. The molecule has 0 radical (unpaired) electrons. The van der Waals surface area contributed by atoms with E-state index < -0.39 is 46.8 Å². The second-order valence-electron chi connectivity index (χ2n) is 4.96. The first-order valence-electron chi connectivity index (χ1n) is 6.89. The first-order valence-corrected chi connectivity index (χ1v) is 9.04. The van der Waals surface area contributed by atoms with Gasteiger partial charge in [0.25, 0.3) is 0 Å². The zero-order valence-electron chi connectivity index (χ0n) is 13.2. The lowest BCUT2D eigenvalue weighted by atomic mass is 10.2. The quantitative estimate of drug-likeness (QED) is 0.271. The van der Waals surface area contributed by atoms with Crippen LogP contribution < -0.4 is 0 Å². The SMILES string of the molecule is Cc1ccc(S(=O)(=O)OSC(=O)N=NCCCC(F)(F)C(F)(F)F)cc1. The smallest absolute Gasteiger partial charge is 0.255 e. The maximum atomic E-state index is 12.6. The molecule has 1 aromatic carbocycles. The maximum Gasteiger partial charge on any atom is 0.453 e. The van der Waals surface area contributed by atoms with E-state index in [-0.39, 0.29) is 16.9 Å². The third-order valence-electron chi connectivity index (χ3n) is 2.82. The highest BCUT2D eigenvalue weighted by atomic mass is 32.3. The second-order valence-corrected chi connectivity index (χ2v) is 7.40. The number of azo groups is 1. The Bertz CT molecular complexity index is 749. The third kappa shape index (κ3) is 6.96. The van der Waals surface area contributed by atoms with Crippen molar-refractivity contribution in [3.05, 3.63) is 29.8 Å². The molecule has 0 aliphatic heterocycles. The molecule has 0 aliphatic carbocycles. The normalized spacial score (nSPS) is 13.3. The van der Waals surface area contributed by atoms with Crippen LogP contribution in [0.1, 0.15) is 18.4 Å². The van der Waals surface area contributed by atoms with Crippen LogP contribution in [0.4, 0.5) is 26.7 Å². The Balaban J connectivity index is 2.42. The minimum absolute atomic E-state index is 0.165. The number of hydrogen-bond donors (Lipinski definition) is 0. The van der Waals surface area contributed by atoms with Gasteiger partial charge in [-0.15, -0.1) is 5.11 Å². The number of carbonyl (C=O) groups is 1. The Morgan fingerprint density at radius 3 is 2.27 bits per heavy atom. The van der Waals surface area contributed by atoms with E-state index in [2.05, 4.69) is 13.9 Å². The number of carbonyl (C=O) groups excluding carboxylic acids is 1. The predicted octanol–water partition coefficient (Wildman–Crippen LogP) is 4.90. The highest BCUT2D eigenvalue weighted by molar-refractivity contribution is 8.15. The van der Waals surface area contributed by atoms with Crippen molar-refractivity contribution >= 4 is 27.4 Å². The van der Waals surface area contributed by atoms with E-state index in [0.29, 0.717) is 0 Å². The fourth-order valence-corrected chi connectivity index (χ4v) is 2.92. The number of rotatable bonds is 7. The lowest BCUT2D eigenvalue weighted by molar-refractivity contribution is -0.284. The van der Waals surface area contributed by atoms with E-state index in [4.69, 9.17) is 0 Å². The van der Waals surface area contributed by atoms with Crippen molar-refractivity contribution in [3.63, 3.8) is 0 Å². The van der Waals surface area contributed by atoms with Crippen LogP contribution in [0.3, 0.4) is 0 Å². The van der Waals surface area contributed by atoms with Gasteiger partial charge in [0.05, 0.1) is 11.4 Å². The summed E-state index contributed by atoms with van der Waals surface area (Å²) in [5.74, 6) is -4.85. The first-order chi connectivity index (χ1) is 11.8. The molecule has 26 heavy (non-hydrogen) atoms. The Morgan fingerprint density at radius 1 is 1.15 bits per heavy atom. The predicted molar refractivity (Wildman–Crippen MR) is 82.4 cm³/mol. The summed E-state index contributed by atoms with van der Waals surface area (Å²) < 4.78 is 88.9. The fourth-order valence-electron chi connectivity index (χ4n) is 1.46. The van der Waals surface area contributed by atoms with Gasteiger partial charge >= 0.3 is 27.5 Å². The zero-order chi connectivity index (χ0) is 20.0. The van der Waals surface area contributed by atoms with Crippen LogP contribution in [0.15, 0.2) is 39.4 Å². The van der Waals surface area contributed by atoms with E-state index in [0.717, 1.165) is 5.56 Å². The van der Waals surface area contributed by atoms with Crippen molar-refractivity contribution < 1.29 is 38.8 Å². The highest BCUT2D eigenvalue weighted by Gasteiger charge is 2.56. The van der Waals surface area contributed by atoms with Gasteiger partial charge in [0.1, 0.15) is 12.0 Å². The Labute approximate surface area is 150 Å². The maximum absolute atomic E-state index is 12.6. The third-order valence-corrected chi connectivity index (χ3v) is 4.88. The fraction of sp³-hybridized carbons (Fsp3) is 0.462. The molecule has 0 unspecified atom stereocenters. The molecule has 0 spiro atoms. The Hall–Kier alpha value is -1.60. The first kappa shape index (κ1) is 22.4. The van der Waals surface area contributed by atoms with Gasteiger partial charge in [0.15, 0.2) is 0 Å². The molecule has 0 fully saturated rings. The summed E-state index contributed by atoms with van der Waals surface area (Å²) in [6.45, 7) is 1.17. The Kier molecular flexibility index (Phi) is 7.65. The molecule has 0 aromatic heterocycles. The lowest BCUT2D eigenvalue weighted by Crippen LogP contribution is -2.36.